The Bertz CT molecular complexity index is 708. The van der Waals surface area contributed by atoms with Gasteiger partial charge in [-0.3, -0.25) is 0 Å². The number of methoxy groups -OCH3 is 1. The molecule has 0 aliphatic carbocycles. The van der Waals surface area contributed by atoms with Crippen molar-refractivity contribution in [3.05, 3.63) is 53.6 Å². The summed E-state index contributed by atoms with van der Waals surface area (Å²) in [4.78, 5) is 12.0. The highest BCUT2D eigenvalue weighted by Gasteiger charge is 2.30. The van der Waals surface area contributed by atoms with Gasteiger partial charge in [-0.15, -0.1) is 0 Å². The lowest BCUT2D eigenvalue weighted by atomic mass is 9.97. The Labute approximate surface area is 131 Å². The van der Waals surface area contributed by atoms with E-state index < -0.39 is 17.7 Å². The van der Waals surface area contributed by atoms with Crippen LogP contribution in [0.4, 0.5) is 13.2 Å². The molecule has 0 aliphatic rings. The van der Waals surface area contributed by atoms with Crippen molar-refractivity contribution in [2.75, 3.05) is 13.7 Å². The van der Waals surface area contributed by atoms with Crippen molar-refractivity contribution in [3.63, 3.8) is 0 Å². The second-order valence-corrected chi connectivity index (χ2v) is 4.71. The second-order valence-electron chi connectivity index (χ2n) is 4.71. The first-order valence-corrected chi connectivity index (χ1v) is 6.89. The van der Waals surface area contributed by atoms with Crippen LogP contribution in [-0.2, 0) is 10.9 Å². The molecule has 0 fully saturated rings. The molecule has 0 atom stereocenters. The zero-order chi connectivity index (χ0) is 17.0. The zero-order valence-electron chi connectivity index (χ0n) is 12.6. The fraction of sp³-hybridized carbons (Fsp3) is 0.235. The third kappa shape index (κ3) is 3.83. The molecular weight excluding hydrogens is 309 g/mol. The molecule has 0 spiro atoms. The highest BCUT2D eigenvalue weighted by Crippen LogP contribution is 2.34. The van der Waals surface area contributed by atoms with Crippen molar-refractivity contribution in [3.8, 4) is 16.9 Å². The second kappa shape index (κ2) is 6.73. The Morgan fingerprint density at radius 3 is 2.48 bits per heavy atom. The first kappa shape index (κ1) is 16.9. The molecule has 0 amide bonds. The summed E-state index contributed by atoms with van der Waals surface area (Å²) in [5.74, 6) is -0.159. The number of carbonyl (C=O) groups is 1. The fourth-order valence-electron chi connectivity index (χ4n) is 2.14. The van der Waals surface area contributed by atoms with Gasteiger partial charge in [-0.1, -0.05) is 12.1 Å². The van der Waals surface area contributed by atoms with E-state index >= 15 is 0 Å². The number of rotatable bonds is 4. The lowest BCUT2D eigenvalue weighted by molar-refractivity contribution is -0.137. The molecule has 2 aromatic rings. The van der Waals surface area contributed by atoms with Crippen molar-refractivity contribution in [1.82, 2.24) is 0 Å². The van der Waals surface area contributed by atoms with Crippen LogP contribution in [0.3, 0.4) is 0 Å². The summed E-state index contributed by atoms with van der Waals surface area (Å²) in [6.45, 7) is 1.83. The van der Waals surface area contributed by atoms with Crippen LogP contribution in [0, 0.1) is 0 Å². The Balaban J connectivity index is 2.58. The third-order valence-corrected chi connectivity index (χ3v) is 3.22. The summed E-state index contributed by atoms with van der Waals surface area (Å²) in [5, 5.41) is 0. The number of benzene rings is 2. The van der Waals surface area contributed by atoms with Crippen LogP contribution in [0.1, 0.15) is 22.8 Å². The van der Waals surface area contributed by atoms with E-state index in [1.54, 1.807) is 13.0 Å². The fourth-order valence-corrected chi connectivity index (χ4v) is 2.14. The van der Waals surface area contributed by atoms with Gasteiger partial charge in [0.2, 0.25) is 0 Å². The number of ether oxygens (including phenoxy) is 2. The van der Waals surface area contributed by atoms with Crippen LogP contribution < -0.4 is 4.74 Å². The molecule has 0 N–H and O–H groups in total. The number of hydrogen-bond donors (Lipinski definition) is 0. The Morgan fingerprint density at radius 2 is 1.87 bits per heavy atom. The van der Waals surface area contributed by atoms with E-state index in [9.17, 15) is 18.0 Å². The molecule has 0 radical (unpaired) electrons. The van der Waals surface area contributed by atoms with Gasteiger partial charge in [-0.25, -0.2) is 4.79 Å². The standard InChI is InChI=1S/C17H15F3O3/c1-3-23-16(21)14-8-7-13(22-2)10-15(14)11-5-4-6-12(9-11)17(18,19)20/h4-10H,3H2,1-2H3. The minimum Gasteiger partial charge on any atom is -0.497 e. The molecule has 0 saturated heterocycles. The molecule has 3 nitrogen and oxygen atoms in total. The van der Waals surface area contributed by atoms with Gasteiger partial charge < -0.3 is 9.47 Å². The molecule has 2 rings (SSSR count). The molecule has 0 aromatic heterocycles. The van der Waals surface area contributed by atoms with Crippen LogP contribution in [0.5, 0.6) is 5.75 Å². The molecule has 23 heavy (non-hydrogen) atoms. The van der Waals surface area contributed by atoms with Gasteiger partial charge in [0, 0.05) is 0 Å². The monoisotopic (exact) mass is 324 g/mol. The summed E-state index contributed by atoms with van der Waals surface area (Å²) in [5.41, 5.74) is -0.00437. The average Bonchev–Trinajstić information content (AvgIpc) is 2.54. The SMILES string of the molecule is CCOC(=O)c1ccc(OC)cc1-c1cccc(C(F)(F)F)c1. The number of halogens is 3. The molecule has 122 valence electrons. The van der Waals surface area contributed by atoms with E-state index in [0.29, 0.717) is 11.3 Å². The molecule has 6 heteroatoms. The summed E-state index contributed by atoms with van der Waals surface area (Å²) in [7, 11) is 1.44. The average molecular weight is 324 g/mol. The van der Waals surface area contributed by atoms with E-state index in [2.05, 4.69) is 0 Å². The highest BCUT2D eigenvalue weighted by molar-refractivity contribution is 5.97. The van der Waals surface area contributed by atoms with Gasteiger partial charge in [0.05, 0.1) is 24.8 Å². The topological polar surface area (TPSA) is 35.5 Å². The number of alkyl halides is 3. The minimum absolute atomic E-state index is 0.174. The summed E-state index contributed by atoms with van der Waals surface area (Å²) < 4.78 is 48.7. The highest BCUT2D eigenvalue weighted by atomic mass is 19.4. The smallest absolute Gasteiger partial charge is 0.416 e. The summed E-state index contributed by atoms with van der Waals surface area (Å²) in [6, 6.07) is 9.34. The maximum atomic E-state index is 12.9. The predicted molar refractivity (Wildman–Crippen MR) is 79.4 cm³/mol. The van der Waals surface area contributed by atoms with Crippen LogP contribution in [0.25, 0.3) is 11.1 Å². The quantitative estimate of drug-likeness (QED) is 0.774. The lowest BCUT2D eigenvalue weighted by Crippen LogP contribution is -2.08. The van der Waals surface area contributed by atoms with E-state index in [-0.39, 0.29) is 17.7 Å². The number of esters is 1. The van der Waals surface area contributed by atoms with Crippen LogP contribution in [-0.4, -0.2) is 19.7 Å². The van der Waals surface area contributed by atoms with Crippen LogP contribution >= 0.6 is 0 Å². The maximum absolute atomic E-state index is 12.9. The van der Waals surface area contributed by atoms with Crippen molar-refractivity contribution >= 4 is 5.97 Å². The van der Waals surface area contributed by atoms with Gasteiger partial charge in [0.25, 0.3) is 0 Å². The first-order valence-electron chi connectivity index (χ1n) is 6.89. The van der Waals surface area contributed by atoms with Crippen LogP contribution in [0.15, 0.2) is 42.5 Å². The third-order valence-electron chi connectivity index (χ3n) is 3.22. The van der Waals surface area contributed by atoms with Gasteiger partial charge >= 0.3 is 12.1 Å². The first-order chi connectivity index (χ1) is 10.9. The van der Waals surface area contributed by atoms with Crippen molar-refractivity contribution in [1.29, 1.82) is 0 Å². The predicted octanol–water partition coefficient (Wildman–Crippen LogP) is 4.56. The normalized spacial score (nSPS) is 11.2. The van der Waals surface area contributed by atoms with E-state index in [4.69, 9.17) is 9.47 Å². The Morgan fingerprint density at radius 1 is 1.13 bits per heavy atom. The van der Waals surface area contributed by atoms with Gasteiger partial charge in [0.1, 0.15) is 5.75 Å². The largest absolute Gasteiger partial charge is 0.497 e. The molecular formula is C17H15F3O3. The summed E-state index contributed by atoms with van der Waals surface area (Å²) in [6.07, 6.45) is -4.46. The minimum atomic E-state index is -4.46. The summed E-state index contributed by atoms with van der Waals surface area (Å²) >= 11 is 0. The molecule has 0 aliphatic heterocycles. The Kier molecular flexibility index (Phi) is 4.93. The molecule has 0 bridgehead atoms. The molecule has 2 aromatic carbocycles. The molecule has 0 saturated carbocycles. The number of hydrogen-bond acceptors (Lipinski definition) is 3. The van der Waals surface area contributed by atoms with Crippen LogP contribution in [0.2, 0.25) is 0 Å². The maximum Gasteiger partial charge on any atom is 0.416 e. The van der Waals surface area contributed by atoms with Gasteiger partial charge in [-0.05, 0) is 48.4 Å². The van der Waals surface area contributed by atoms with Crippen molar-refractivity contribution in [2.24, 2.45) is 0 Å². The van der Waals surface area contributed by atoms with Crippen molar-refractivity contribution in [2.45, 2.75) is 13.1 Å². The van der Waals surface area contributed by atoms with E-state index in [0.717, 1.165) is 12.1 Å². The van der Waals surface area contributed by atoms with E-state index in [1.165, 1.54) is 31.4 Å². The van der Waals surface area contributed by atoms with E-state index in [1.807, 2.05) is 0 Å². The number of carbonyl (C=O) groups excluding carboxylic acids is 1. The van der Waals surface area contributed by atoms with Gasteiger partial charge in [-0.2, -0.15) is 13.2 Å². The molecule has 0 heterocycles. The Hall–Kier alpha value is -2.50. The van der Waals surface area contributed by atoms with Crippen molar-refractivity contribution < 1.29 is 27.4 Å². The zero-order valence-corrected chi connectivity index (χ0v) is 12.6. The molecule has 0 unspecified atom stereocenters. The lowest BCUT2D eigenvalue weighted by Gasteiger charge is -2.13. The van der Waals surface area contributed by atoms with Gasteiger partial charge in [0.15, 0.2) is 0 Å².